The van der Waals surface area contributed by atoms with Crippen molar-refractivity contribution < 1.29 is 24.5 Å². The third kappa shape index (κ3) is 8.22. The van der Waals surface area contributed by atoms with E-state index in [1.54, 1.807) is 26.8 Å². The summed E-state index contributed by atoms with van der Waals surface area (Å²) in [6.07, 6.45) is 2.16. The van der Waals surface area contributed by atoms with Crippen LogP contribution in [0.1, 0.15) is 71.0 Å². The minimum atomic E-state index is -1.24. The predicted octanol–water partition coefficient (Wildman–Crippen LogP) is 4.39. The van der Waals surface area contributed by atoms with Gasteiger partial charge in [0, 0.05) is 16.3 Å². The lowest BCUT2D eigenvalue weighted by Gasteiger charge is -2.35. The molecule has 35 heavy (non-hydrogen) atoms. The van der Waals surface area contributed by atoms with Crippen molar-refractivity contribution >= 4 is 40.7 Å². The molecule has 0 fully saturated rings. The maximum absolute atomic E-state index is 13.3. The lowest BCUT2D eigenvalue weighted by Crippen LogP contribution is -2.48. The summed E-state index contributed by atoms with van der Waals surface area (Å²) in [4.78, 5) is 30.7. The van der Waals surface area contributed by atoms with Crippen molar-refractivity contribution in [2.45, 2.75) is 91.6 Å². The molecule has 1 aliphatic rings. The summed E-state index contributed by atoms with van der Waals surface area (Å²) in [7, 11) is 0. The van der Waals surface area contributed by atoms with Crippen LogP contribution in [0.3, 0.4) is 0 Å². The van der Waals surface area contributed by atoms with Gasteiger partial charge in [-0.3, -0.25) is 9.59 Å². The van der Waals surface area contributed by atoms with E-state index in [0.29, 0.717) is 30.9 Å². The van der Waals surface area contributed by atoms with Crippen LogP contribution in [-0.4, -0.2) is 57.8 Å². The van der Waals surface area contributed by atoms with E-state index in [-0.39, 0.29) is 12.2 Å². The molecule has 0 bridgehead atoms. The number of nitrogens with one attached hydrogen (secondary N) is 1. The number of thiazole rings is 1. The lowest BCUT2D eigenvalue weighted by atomic mass is 9.72. The van der Waals surface area contributed by atoms with Crippen LogP contribution in [0.25, 0.3) is 6.08 Å². The topological polar surface area (TPSA) is 109 Å². The number of halogens is 1. The van der Waals surface area contributed by atoms with Crippen LogP contribution >= 0.6 is 22.9 Å². The molecule has 0 aromatic carbocycles. The molecule has 1 aromatic heterocycles. The SMILES string of the molecule is CC[C@H]1C(=O)C(C)(C)[C@@H](O)CC(=O)N[C@H](/C(Cl)=C/c2csc(C)n2)C/C=C(/C)CCO[C@H](C)[C@H]1O. The number of hydrogen-bond donors (Lipinski definition) is 3. The number of aliphatic hydroxyl groups excluding tert-OH is 2. The molecule has 5 atom stereocenters. The Morgan fingerprint density at radius 1 is 1.34 bits per heavy atom. The van der Waals surface area contributed by atoms with E-state index < -0.39 is 41.6 Å². The van der Waals surface area contributed by atoms with Crippen LogP contribution in [0.15, 0.2) is 22.1 Å². The van der Waals surface area contributed by atoms with Crippen LogP contribution in [0.4, 0.5) is 0 Å². The molecule has 0 saturated heterocycles. The number of carbonyl (C=O) groups excluding carboxylic acids is 2. The molecule has 7 nitrogen and oxygen atoms in total. The van der Waals surface area contributed by atoms with E-state index in [9.17, 15) is 19.8 Å². The molecule has 0 saturated carbocycles. The van der Waals surface area contributed by atoms with Crippen LogP contribution in [0, 0.1) is 18.3 Å². The summed E-state index contributed by atoms with van der Waals surface area (Å²) in [5, 5.41) is 27.9. The highest BCUT2D eigenvalue weighted by molar-refractivity contribution is 7.09. The normalized spacial score (nSPS) is 31.5. The summed E-state index contributed by atoms with van der Waals surface area (Å²) in [5.74, 6) is -1.42. The minimum absolute atomic E-state index is 0.267. The number of aromatic nitrogens is 1. The zero-order valence-corrected chi connectivity index (χ0v) is 23.1. The Morgan fingerprint density at radius 3 is 2.63 bits per heavy atom. The Kier molecular flexibility index (Phi) is 11.1. The molecule has 9 heteroatoms. The summed E-state index contributed by atoms with van der Waals surface area (Å²) in [5.41, 5.74) is 0.536. The third-order valence-electron chi connectivity index (χ3n) is 6.69. The zero-order valence-electron chi connectivity index (χ0n) is 21.5. The van der Waals surface area contributed by atoms with Crippen LogP contribution in [-0.2, 0) is 14.3 Å². The zero-order chi connectivity index (χ0) is 26.3. The molecule has 1 aromatic rings. The Morgan fingerprint density at radius 2 is 2.03 bits per heavy atom. The number of ether oxygens (including phenoxy) is 1. The Labute approximate surface area is 217 Å². The highest BCUT2D eigenvalue weighted by Crippen LogP contribution is 2.32. The fourth-order valence-corrected chi connectivity index (χ4v) is 4.92. The largest absolute Gasteiger partial charge is 0.392 e. The van der Waals surface area contributed by atoms with Gasteiger partial charge in [-0.1, -0.05) is 44.0 Å². The summed E-state index contributed by atoms with van der Waals surface area (Å²) in [6, 6.07) is -0.509. The quantitative estimate of drug-likeness (QED) is 0.504. The molecule has 196 valence electrons. The smallest absolute Gasteiger partial charge is 0.223 e. The van der Waals surface area contributed by atoms with Crippen LogP contribution in [0.2, 0.25) is 0 Å². The maximum Gasteiger partial charge on any atom is 0.223 e. The number of aliphatic hydroxyl groups is 2. The van der Waals surface area contributed by atoms with Crippen molar-refractivity contribution in [2.75, 3.05) is 6.61 Å². The molecule has 3 N–H and O–H groups in total. The molecule has 0 unspecified atom stereocenters. The molecule has 0 spiro atoms. The third-order valence-corrected chi connectivity index (χ3v) is 7.85. The van der Waals surface area contributed by atoms with Crippen LogP contribution < -0.4 is 5.32 Å². The first-order chi connectivity index (χ1) is 16.4. The van der Waals surface area contributed by atoms with Gasteiger partial charge in [0.05, 0.1) is 53.5 Å². The number of carbonyl (C=O) groups is 2. The van der Waals surface area contributed by atoms with Gasteiger partial charge in [0.2, 0.25) is 5.91 Å². The molecular weight excluding hydrogens is 488 g/mol. The Hall–Kier alpha value is -1.58. The maximum atomic E-state index is 13.3. The van der Waals surface area contributed by atoms with E-state index in [4.69, 9.17) is 16.3 Å². The highest BCUT2D eigenvalue weighted by Gasteiger charge is 2.43. The van der Waals surface area contributed by atoms with E-state index in [0.717, 1.165) is 16.3 Å². The molecule has 2 rings (SSSR count). The first-order valence-electron chi connectivity index (χ1n) is 12.1. The standard InChI is InChI=1S/C26H39ClN2O5S/c1-7-19-24(32)16(3)34-11-10-15(2)8-9-21(20(27)12-18-14-35-17(4)28-18)29-23(31)13-22(30)26(5,6)25(19)33/h8,12,14,16,19,21-22,24,30,32H,7,9-11,13H2,1-6H3,(H,29,31)/b15-8-,20-12-/t16-,19-,21+,22+,24-/m1/s1. The van der Waals surface area contributed by atoms with Gasteiger partial charge < -0.3 is 20.3 Å². The van der Waals surface area contributed by atoms with Crippen molar-refractivity contribution in [1.82, 2.24) is 10.3 Å². The lowest BCUT2D eigenvalue weighted by molar-refractivity contribution is -0.147. The predicted molar refractivity (Wildman–Crippen MR) is 140 cm³/mol. The fourth-order valence-electron chi connectivity index (χ4n) is 4.09. The molecular formula is C26H39ClN2O5S. The Balaban J connectivity index is 2.35. The van der Waals surface area contributed by atoms with Crippen molar-refractivity contribution in [3.8, 4) is 0 Å². The second-order valence-electron chi connectivity index (χ2n) is 9.86. The monoisotopic (exact) mass is 526 g/mol. The van der Waals surface area contributed by atoms with Crippen molar-refractivity contribution in [2.24, 2.45) is 11.3 Å². The van der Waals surface area contributed by atoms with Crippen molar-refractivity contribution in [1.29, 1.82) is 0 Å². The molecule has 0 radical (unpaired) electrons. The summed E-state index contributed by atoms with van der Waals surface area (Å²) < 4.78 is 5.85. The van der Waals surface area contributed by atoms with Crippen LogP contribution in [0.5, 0.6) is 0 Å². The fraction of sp³-hybridized carbons (Fsp3) is 0.654. The van der Waals surface area contributed by atoms with Gasteiger partial charge in [-0.05, 0) is 46.1 Å². The van der Waals surface area contributed by atoms with E-state index >= 15 is 0 Å². The van der Waals surface area contributed by atoms with Gasteiger partial charge >= 0.3 is 0 Å². The molecule has 1 amide bonds. The average Bonchev–Trinajstić information content (AvgIpc) is 3.20. The molecule has 2 heterocycles. The highest BCUT2D eigenvalue weighted by atomic mass is 35.5. The van der Waals surface area contributed by atoms with Gasteiger partial charge in [-0.2, -0.15) is 0 Å². The number of nitrogens with zero attached hydrogens (tertiary/aromatic N) is 1. The second kappa shape index (κ2) is 13.1. The van der Waals surface area contributed by atoms with Crippen molar-refractivity contribution in [3.63, 3.8) is 0 Å². The number of aryl methyl sites for hydroxylation is 1. The second-order valence-corrected chi connectivity index (χ2v) is 11.4. The van der Waals surface area contributed by atoms with E-state index in [2.05, 4.69) is 10.3 Å². The number of amides is 1. The van der Waals surface area contributed by atoms with Gasteiger partial charge in [0.1, 0.15) is 5.78 Å². The molecule has 1 aliphatic heterocycles. The van der Waals surface area contributed by atoms with Gasteiger partial charge in [-0.25, -0.2) is 4.98 Å². The van der Waals surface area contributed by atoms with Gasteiger partial charge in [0.15, 0.2) is 0 Å². The summed E-state index contributed by atoms with van der Waals surface area (Å²) in [6.45, 7) is 11.1. The van der Waals surface area contributed by atoms with Gasteiger partial charge in [0.25, 0.3) is 0 Å². The first-order valence-corrected chi connectivity index (χ1v) is 13.4. The average molecular weight is 527 g/mol. The number of ketones is 1. The van der Waals surface area contributed by atoms with Crippen molar-refractivity contribution in [3.05, 3.63) is 32.8 Å². The summed E-state index contributed by atoms with van der Waals surface area (Å²) >= 11 is 8.13. The Bertz CT molecular complexity index is 942. The minimum Gasteiger partial charge on any atom is -0.392 e. The number of rotatable bonds is 3. The molecule has 0 aliphatic carbocycles. The number of Topliss-reactive ketones (excluding diaryl/α,β-unsaturated/α-hetero) is 1. The van der Waals surface area contributed by atoms with Gasteiger partial charge in [-0.15, -0.1) is 11.3 Å². The van der Waals surface area contributed by atoms with E-state index in [1.807, 2.05) is 32.2 Å². The van der Waals surface area contributed by atoms with E-state index in [1.165, 1.54) is 11.3 Å². The first kappa shape index (κ1) is 29.6. The number of hydrogen-bond acceptors (Lipinski definition) is 7.